The van der Waals surface area contributed by atoms with E-state index in [4.69, 9.17) is 22.1 Å². The van der Waals surface area contributed by atoms with Crippen molar-refractivity contribution in [2.75, 3.05) is 0 Å². The van der Waals surface area contributed by atoms with Gasteiger partial charge in [-0.1, -0.05) is 31.5 Å². The average Bonchev–Trinajstić information content (AvgIpc) is 2.27. The van der Waals surface area contributed by atoms with Crippen molar-refractivity contribution < 1.29 is 4.74 Å². The highest BCUT2D eigenvalue weighted by atomic mass is 35.5. The predicted molar refractivity (Wildman–Crippen MR) is 69.1 cm³/mol. The lowest BCUT2D eigenvalue weighted by molar-refractivity contribution is 0.193. The van der Waals surface area contributed by atoms with Crippen molar-refractivity contribution in [3.8, 4) is 5.75 Å². The zero-order valence-electron chi connectivity index (χ0n) is 10.2. The Morgan fingerprint density at radius 3 is 2.38 bits per heavy atom. The van der Waals surface area contributed by atoms with Gasteiger partial charge in [-0.25, -0.2) is 0 Å². The van der Waals surface area contributed by atoms with Crippen molar-refractivity contribution in [3.05, 3.63) is 28.8 Å². The van der Waals surface area contributed by atoms with Crippen LogP contribution in [0.4, 0.5) is 0 Å². The number of hydrogen-bond acceptors (Lipinski definition) is 2. The molecule has 0 unspecified atom stereocenters. The molecule has 0 fully saturated rings. The fourth-order valence-corrected chi connectivity index (χ4v) is 1.76. The van der Waals surface area contributed by atoms with Gasteiger partial charge in [-0.3, -0.25) is 0 Å². The Hall–Kier alpha value is -0.730. The van der Waals surface area contributed by atoms with Gasteiger partial charge in [-0.15, -0.1) is 0 Å². The van der Waals surface area contributed by atoms with Crippen LogP contribution < -0.4 is 10.5 Å². The van der Waals surface area contributed by atoms with Crippen LogP contribution in [0.3, 0.4) is 0 Å². The second-order valence-corrected chi connectivity index (χ2v) is 4.44. The summed E-state index contributed by atoms with van der Waals surface area (Å²) >= 11 is 6.15. The first-order chi connectivity index (χ1) is 7.58. The Bertz CT molecular complexity index is 335. The first-order valence-electron chi connectivity index (χ1n) is 5.80. The van der Waals surface area contributed by atoms with E-state index in [1.54, 1.807) is 0 Å². The highest BCUT2D eigenvalue weighted by Crippen LogP contribution is 2.28. The van der Waals surface area contributed by atoms with Gasteiger partial charge in [0.15, 0.2) is 0 Å². The van der Waals surface area contributed by atoms with Crippen molar-refractivity contribution >= 4 is 11.6 Å². The maximum absolute atomic E-state index is 6.15. The van der Waals surface area contributed by atoms with Crippen LogP contribution in [0.15, 0.2) is 18.2 Å². The summed E-state index contributed by atoms with van der Waals surface area (Å²) in [5, 5.41) is 0.640. The standard InChI is InChI=1S/C13H20ClNO/c1-4-11(5-2)16-13-7-6-10(9(3)15)8-12(13)14/h6-9,11H,4-5,15H2,1-3H3/t9-/m0/s1. The molecule has 0 aliphatic carbocycles. The molecule has 3 heteroatoms. The van der Waals surface area contributed by atoms with Gasteiger partial charge in [0.1, 0.15) is 5.75 Å². The summed E-state index contributed by atoms with van der Waals surface area (Å²) in [4.78, 5) is 0. The van der Waals surface area contributed by atoms with Crippen LogP contribution in [0, 0.1) is 0 Å². The third-order valence-corrected chi connectivity index (χ3v) is 2.98. The second-order valence-electron chi connectivity index (χ2n) is 4.03. The lowest BCUT2D eigenvalue weighted by Gasteiger charge is -2.17. The van der Waals surface area contributed by atoms with E-state index in [1.807, 2.05) is 25.1 Å². The van der Waals surface area contributed by atoms with Crippen LogP contribution in [-0.2, 0) is 0 Å². The molecule has 0 aliphatic rings. The van der Waals surface area contributed by atoms with Gasteiger partial charge in [0.05, 0.1) is 11.1 Å². The highest BCUT2D eigenvalue weighted by Gasteiger charge is 2.10. The second kappa shape index (κ2) is 6.12. The first-order valence-corrected chi connectivity index (χ1v) is 6.17. The van der Waals surface area contributed by atoms with Crippen LogP contribution in [0.2, 0.25) is 5.02 Å². The summed E-state index contributed by atoms with van der Waals surface area (Å²) in [5.41, 5.74) is 6.82. The molecular formula is C13H20ClNO. The van der Waals surface area contributed by atoms with E-state index in [-0.39, 0.29) is 12.1 Å². The summed E-state index contributed by atoms with van der Waals surface area (Å²) in [6.45, 7) is 6.16. The van der Waals surface area contributed by atoms with Gasteiger partial charge in [-0.2, -0.15) is 0 Å². The Morgan fingerprint density at radius 1 is 1.31 bits per heavy atom. The first kappa shape index (κ1) is 13.3. The van der Waals surface area contributed by atoms with Crippen LogP contribution in [-0.4, -0.2) is 6.10 Å². The van der Waals surface area contributed by atoms with Crippen molar-refractivity contribution in [2.24, 2.45) is 5.73 Å². The molecule has 0 saturated carbocycles. The van der Waals surface area contributed by atoms with E-state index in [0.29, 0.717) is 5.02 Å². The highest BCUT2D eigenvalue weighted by molar-refractivity contribution is 6.32. The molecule has 0 heterocycles. The Balaban J connectivity index is 2.82. The Morgan fingerprint density at radius 2 is 1.94 bits per heavy atom. The zero-order valence-corrected chi connectivity index (χ0v) is 10.9. The van der Waals surface area contributed by atoms with Crippen molar-refractivity contribution in [1.29, 1.82) is 0 Å². The molecule has 0 amide bonds. The summed E-state index contributed by atoms with van der Waals surface area (Å²) < 4.78 is 5.81. The maximum atomic E-state index is 6.15. The summed E-state index contributed by atoms with van der Waals surface area (Å²) in [5.74, 6) is 0.750. The molecule has 1 rings (SSSR count). The van der Waals surface area contributed by atoms with Crippen molar-refractivity contribution in [1.82, 2.24) is 0 Å². The fourth-order valence-electron chi connectivity index (χ4n) is 1.53. The minimum absolute atomic E-state index is 0.000280. The summed E-state index contributed by atoms with van der Waals surface area (Å²) in [6, 6.07) is 5.75. The molecule has 0 aliphatic heterocycles. The Labute approximate surface area is 103 Å². The van der Waals surface area contributed by atoms with E-state index >= 15 is 0 Å². The molecule has 0 saturated heterocycles. The molecule has 2 N–H and O–H groups in total. The SMILES string of the molecule is CCC(CC)Oc1ccc([C@H](C)N)cc1Cl. The van der Waals surface area contributed by atoms with Gasteiger partial charge in [0.2, 0.25) is 0 Å². The monoisotopic (exact) mass is 241 g/mol. The number of ether oxygens (including phenoxy) is 1. The summed E-state index contributed by atoms with van der Waals surface area (Å²) in [7, 11) is 0. The maximum Gasteiger partial charge on any atom is 0.138 e. The molecular weight excluding hydrogens is 222 g/mol. The molecule has 1 aromatic carbocycles. The molecule has 1 atom stereocenters. The molecule has 1 aromatic rings. The largest absolute Gasteiger partial charge is 0.489 e. The number of halogens is 1. The van der Waals surface area contributed by atoms with Crippen LogP contribution >= 0.6 is 11.6 Å². The molecule has 2 nitrogen and oxygen atoms in total. The van der Waals surface area contributed by atoms with E-state index in [1.165, 1.54) is 0 Å². The average molecular weight is 242 g/mol. The van der Waals surface area contributed by atoms with E-state index in [2.05, 4.69) is 13.8 Å². The minimum Gasteiger partial charge on any atom is -0.489 e. The number of rotatable bonds is 5. The molecule has 0 radical (unpaired) electrons. The lowest BCUT2D eigenvalue weighted by atomic mass is 10.1. The predicted octanol–water partition coefficient (Wildman–Crippen LogP) is 3.93. The van der Waals surface area contributed by atoms with Gasteiger partial charge < -0.3 is 10.5 Å². The smallest absolute Gasteiger partial charge is 0.138 e. The molecule has 0 bridgehead atoms. The third-order valence-electron chi connectivity index (χ3n) is 2.69. The number of nitrogens with two attached hydrogens (primary N) is 1. The van der Waals surface area contributed by atoms with Crippen LogP contribution in [0.25, 0.3) is 0 Å². The van der Waals surface area contributed by atoms with Crippen LogP contribution in [0.1, 0.15) is 45.2 Å². The van der Waals surface area contributed by atoms with Gasteiger partial charge in [-0.05, 0) is 37.5 Å². The van der Waals surface area contributed by atoms with Crippen molar-refractivity contribution in [3.63, 3.8) is 0 Å². The lowest BCUT2D eigenvalue weighted by Crippen LogP contribution is -2.14. The number of benzene rings is 1. The quantitative estimate of drug-likeness (QED) is 0.848. The number of hydrogen-bond donors (Lipinski definition) is 1. The molecule has 0 aromatic heterocycles. The van der Waals surface area contributed by atoms with Gasteiger partial charge >= 0.3 is 0 Å². The van der Waals surface area contributed by atoms with Crippen molar-refractivity contribution in [2.45, 2.75) is 45.8 Å². The van der Waals surface area contributed by atoms with E-state index in [9.17, 15) is 0 Å². The Kier molecular flexibility index (Phi) is 5.10. The van der Waals surface area contributed by atoms with Crippen LogP contribution in [0.5, 0.6) is 5.75 Å². The third kappa shape index (κ3) is 3.39. The summed E-state index contributed by atoms with van der Waals surface area (Å²) in [6.07, 6.45) is 2.21. The zero-order chi connectivity index (χ0) is 12.1. The minimum atomic E-state index is -0.000280. The molecule has 90 valence electrons. The molecule has 0 spiro atoms. The fraction of sp³-hybridized carbons (Fsp3) is 0.538. The normalized spacial score (nSPS) is 12.9. The topological polar surface area (TPSA) is 35.2 Å². The van der Waals surface area contributed by atoms with E-state index < -0.39 is 0 Å². The van der Waals surface area contributed by atoms with E-state index in [0.717, 1.165) is 24.2 Å². The van der Waals surface area contributed by atoms with Gasteiger partial charge in [0.25, 0.3) is 0 Å². The van der Waals surface area contributed by atoms with Gasteiger partial charge in [0, 0.05) is 6.04 Å². The molecule has 16 heavy (non-hydrogen) atoms.